The van der Waals surface area contributed by atoms with Crippen molar-refractivity contribution < 1.29 is 13.9 Å². The van der Waals surface area contributed by atoms with E-state index in [1.807, 2.05) is 6.92 Å². The Hall–Kier alpha value is -1.27. The lowest BCUT2D eigenvalue weighted by Crippen LogP contribution is -2.36. The number of nitrogens with two attached hydrogens (primary N) is 1. The summed E-state index contributed by atoms with van der Waals surface area (Å²) in [6.07, 6.45) is 0.837. The van der Waals surface area contributed by atoms with Crippen LogP contribution in [-0.2, 0) is 0 Å². The number of anilines is 1. The van der Waals surface area contributed by atoms with Crippen LogP contribution in [0, 0.1) is 17.6 Å². The first kappa shape index (κ1) is 14.1. The monoisotopic (exact) mass is 286 g/mol. The van der Waals surface area contributed by atoms with E-state index >= 15 is 0 Å². The van der Waals surface area contributed by atoms with Crippen LogP contribution in [0.1, 0.15) is 18.9 Å². The molecule has 3 nitrogen and oxygen atoms in total. The molecule has 2 unspecified atom stereocenters. The van der Waals surface area contributed by atoms with Crippen LogP contribution in [0.15, 0.2) is 12.1 Å². The van der Waals surface area contributed by atoms with Gasteiger partial charge >= 0.3 is 0 Å². The minimum atomic E-state index is -1.03. The minimum Gasteiger partial charge on any atom is -0.394 e. The van der Waals surface area contributed by atoms with Crippen LogP contribution in [0.3, 0.4) is 0 Å². The highest BCUT2D eigenvalue weighted by atomic mass is 32.1. The number of hydrogen-bond acceptors (Lipinski definition) is 3. The highest BCUT2D eigenvalue weighted by molar-refractivity contribution is 7.80. The van der Waals surface area contributed by atoms with Crippen molar-refractivity contribution in [3.05, 3.63) is 29.3 Å². The van der Waals surface area contributed by atoms with Crippen molar-refractivity contribution in [1.82, 2.24) is 0 Å². The lowest BCUT2D eigenvalue weighted by Gasteiger charge is -2.28. The van der Waals surface area contributed by atoms with E-state index in [1.165, 1.54) is 12.1 Å². The molecule has 19 heavy (non-hydrogen) atoms. The molecule has 0 bridgehead atoms. The number of nitrogens with zero attached hydrogens (tertiary/aromatic N) is 1. The van der Waals surface area contributed by atoms with Gasteiger partial charge in [0.05, 0.1) is 18.3 Å². The smallest absolute Gasteiger partial charge is 0.182 e. The van der Waals surface area contributed by atoms with E-state index < -0.39 is 11.6 Å². The molecular formula is C13H16F2N2OS. The zero-order valence-corrected chi connectivity index (χ0v) is 11.4. The second-order valence-corrected chi connectivity index (χ2v) is 5.27. The standard InChI is InChI=1S/C13H16F2N2OS/c1-7-4-5-17(10(7)6-18)9-3-2-8(13(16)19)11(14)12(9)15/h2-3,7,10,18H,4-6H2,1H3,(H2,16,19). The average Bonchev–Trinajstić information content (AvgIpc) is 2.73. The third-order valence-corrected chi connectivity index (χ3v) is 3.93. The summed E-state index contributed by atoms with van der Waals surface area (Å²) in [6, 6.07) is 2.66. The van der Waals surface area contributed by atoms with Gasteiger partial charge < -0.3 is 15.7 Å². The molecule has 2 rings (SSSR count). The highest BCUT2D eigenvalue weighted by Crippen LogP contribution is 2.32. The summed E-state index contributed by atoms with van der Waals surface area (Å²) in [4.78, 5) is 1.53. The normalized spacial score (nSPS) is 22.8. The number of thiocarbonyl (C=S) groups is 1. The molecule has 0 radical (unpaired) electrons. The van der Waals surface area contributed by atoms with Gasteiger partial charge in [0.25, 0.3) is 0 Å². The van der Waals surface area contributed by atoms with Crippen molar-refractivity contribution in [1.29, 1.82) is 0 Å². The van der Waals surface area contributed by atoms with Gasteiger partial charge in [-0.2, -0.15) is 0 Å². The van der Waals surface area contributed by atoms with Crippen LogP contribution >= 0.6 is 12.2 Å². The van der Waals surface area contributed by atoms with Crippen LogP contribution in [0.2, 0.25) is 0 Å². The molecule has 1 aliphatic rings. The second-order valence-electron chi connectivity index (χ2n) is 4.83. The Kier molecular flexibility index (Phi) is 4.01. The van der Waals surface area contributed by atoms with Gasteiger partial charge in [-0.05, 0) is 24.5 Å². The second kappa shape index (κ2) is 5.38. The topological polar surface area (TPSA) is 49.5 Å². The van der Waals surface area contributed by atoms with Gasteiger partial charge in [-0.15, -0.1) is 0 Å². The van der Waals surface area contributed by atoms with E-state index in [4.69, 9.17) is 5.73 Å². The van der Waals surface area contributed by atoms with Crippen molar-refractivity contribution in [3.63, 3.8) is 0 Å². The summed E-state index contributed by atoms with van der Waals surface area (Å²) in [7, 11) is 0. The Morgan fingerprint density at radius 3 is 2.74 bits per heavy atom. The molecule has 1 aromatic rings. The summed E-state index contributed by atoms with van der Waals surface area (Å²) < 4.78 is 28.0. The zero-order chi connectivity index (χ0) is 14.2. The fourth-order valence-electron chi connectivity index (χ4n) is 2.54. The van der Waals surface area contributed by atoms with Crippen LogP contribution in [0.5, 0.6) is 0 Å². The Balaban J connectivity index is 2.41. The number of benzene rings is 1. The first-order valence-corrected chi connectivity index (χ1v) is 6.53. The van der Waals surface area contributed by atoms with Gasteiger partial charge in [0.15, 0.2) is 11.6 Å². The van der Waals surface area contributed by atoms with E-state index in [-0.39, 0.29) is 34.8 Å². The first-order valence-electron chi connectivity index (χ1n) is 6.12. The minimum absolute atomic E-state index is 0.0840. The van der Waals surface area contributed by atoms with E-state index in [0.717, 1.165) is 6.42 Å². The lowest BCUT2D eigenvalue weighted by molar-refractivity contribution is 0.244. The Morgan fingerprint density at radius 1 is 1.47 bits per heavy atom. The Labute approximate surface area is 116 Å². The predicted octanol–water partition coefficient (Wildman–Crippen LogP) is 1.81. The Bertz CT molecular complexity index is 510. The van der Waals surface area contributed by atoms with Crippen LogP contribution in [0.4, 0.5) is 14.5 Å². The molecule has 3 N–H and O–H groups in total. The predicted molar refractivity (Wildman–Crippen MR) is 74.2 cm³/mol. The van der Waals surface area contributed by atoms with Gasteiger partial charge in [0.2, 0.25) is 0 Å². The maximum Gasteiger partial charge on any atom is 0.182 e. The maximum absolute atomic E-state index is 14.1. The molecular weight excluding hydrogens is 270 g/mol. The average molecular weight is 286 g/mol. The van der Waals surface area contributed by atoms with E-state index in [9.17, 15) is 13.9 Å². The van der Waals surface area contributed by atoms with E-state index in [1.54, 1.807) is 4.90 Å². The largest absolute Gasteiger partial charge is 0.394 e. The van der Waals surface area contributed by atoms with Crippen molar-refractivity contribution in [3.8, 4) is 0 Å². The fraction of sp³-hybridized carbons (Fsp3) is 0.462. The van der Waals surface area contributed by atoms with Gasteiger partial charge in [-0.1, -0.05) is 19.1 Å². The summed E-state index contributed by atoms with van der Waals surface area (Å²) in [5.74, 6) is -1.75. The summed E-state index contributed by atoms with van der Waals surface area (Å²) in [5.41, 5.74) is 5.39. The van der Waals surface area contributed by atoms with Gasteiger partial charge in [-0.3, -0.25) is 0 Å². The van der Waals surface area contributed by atoms with E-state index in [0.29, 0.717) is 6.54 Å². The Morgan fingerprint density at radius 2 is 2.16 bits per heavy atom. The molecule has 0 spiro atoms. The molecule has 104 valence electrons. The maximum atomic E-state index is 14.1. The molecule has 6 heteroatoms. The molecule has 1 heterocycles. The third kappa shape index (κ3) is 2.42. The summed E-state index contributed by atoms with van der Waals surface area (Å²) in [5, 5.41) is 9.37. The zero-order valence-electron chi connectivity index (χ0n) is 10.6. The fourth-order valence-corrected chi connectivity index (χ4v) is 2.69. The number of aliphatic hydroxyl groups excluding tert-OH is 1. The van der Waals surface area contributed by atoms with Crippen molar-refractivity contribution >= 4 is 22.9 Å². The van der Waals surface area contributed by atoms with Gasteiger partial charge in [0, 0.05) is 12.1 Å². The molecule has 1 fully saturated rings. The molecule has 0 saturated carbocycles. The van der Waals surface area contributed by atoms with E-state index in [2.05, 4.69) is 12.2 Å². The molecule has 1 saturated heterocycles. The van der Waals surface area contributed by atoms with Crippen LogP contribution < -0.4 is 10.6 Å². The highest BCUT2D eigenvalue weighted by Gasteiger charge is 2.33. The third-order valence-electron chi connectivity index (χ3n) is 3.71. The molecule has 1 aliphatic heterocycles. The first-order chi connectivity index (χ1) is 8.97. The molecule has 1 aromatic carbocycles. The molecule has 0 aliphatic carbocycles. The van der Waals surface area contributed by atoms with Crippen LogP contribution in [0.25, 0.3) is 0 Å². The van der Waals surface area contributed by atoms with Crippen LogP contribution in [-0.4, -0.2) is 29.3 Å². The van der Waals surface area contributed by atoms with Crippen molar-refractivity contribution in [2.75, 3.05) is 18.1 Å². The van der Waals surface area contributed by atoms with Crippen molar-refractivity contribution in [2.45, 2.75) is 19.4 Å². The molecule has 2 atom stereocenters. The van der Waals surface area contributed by atoms with Gasteiger partial charge in [-0.25, -0.2) is 8.78 Å². The van der Waals surface area contributed by atoms with Crippen molar-refractivity contribution in [2.24, 2.45) is 11.7 Å². The SMILES string of the molecule is CC1CCN(c2ccc(C(N)=S)c(F)c2F)C1CO. The quantitative estimate of drug-likeness (QED) is 0.832. The number of aliphatic hydroxyl groups is 1. The number of rotatable bonds is 3. The summed E-state index contributed by atoms with van der Waals surface area (Å²) >= 11 is 4.67. The number of hydrogen-bond donors (Lipinski definition) is 2. The molecule has 0 amide bonds. The lowest BCUT2D eigenvalue weighted by atomic mass is 10.0. The number of halogens is 2. The molecule has 0 aromatic heterocycles. The summed E-state index contributed by atoms with van der Waals surface area (Å²) in [6.45, 7) is 2.49. The van der Waals surface area contributed by atoms with Gasteiger partial charge in [0.1, 0.15) is 4.99 Å².